The number of carbonyl (C=O) groups is 1. The van der Waals surface area contributed by atoms with Crippen LogP contribution in [0.5, 0.6) is 0 Å². The minimum atomic E-state index is -1.04. The summed E-state index contributed by atoms with van der Waals surface area (Å²) in [7, 11) is 0. The van der Waals surface area contributed by atoms with Crippen LogP contribution >= 0.6 is 0 Å². The smallest absolute Gasteiger partial charge is 0.303 e. The van der Waals surface area contributed by atoms with Crippen LogP contribution in [-0.2, 0) is 4.79 Å². The van der Waals surface area contributed by atoms with Crippen molar-refractivity contribution in [2.24, 2.45) is 10.2 Å². The highest BCUT2D eigenvalue weighted by molar-refractivity contribution is 5.66. The van der Waals surface area contributed by atoms with Gasteiger partial charge in [0.25, 0.3) is 0 Å². The molecule has 0 bridgehead atoms. The second kappa shape index (κ2) is 4.87. The molecular weight excluding hydrogens is 194 g/mol. The van der Waals surface area contributed by atoms with E-state index >= 15 is 0 Å². The third kappa shape index (κ3) is 6.61. The summed E-state index contributed by atoms with van der Waals surface area (Å²) < 4.78 is 0. The number of nitrogens with zero attached hydrogens (tertiary/aromatic N) is 3. The lowest BCUT2D eigenvalue weighted by Gasteiger charge is -2.17. The maximum atomic E-state index is 10.4. The maximum Gasteiger partial charge on any atom is 0.303 e. The molecule has 1 atom stereocenters. The molecule has 0 aliphatic rings. The Morgan fingerprint density at radius 1 is 1.33 bits per heavy atom. The first-order chi connectivity index (χ1) is 6.68. The molecule has 0 aromatic heterocycles. The van der Waals surface area contributed by atoms with E-state index < -0.39 is 11.5 Å². The van der Waals surface area contributed by atoms with Crippen molar-refractivity contribution in [2.45, 2.75) is 51.6 Å². The Morgan fingerprint density at radius 3 is 2.20 bits per heavy atom. The SMILES string of the molecule is CC(C)(C)N=NC(C)(C#N)CCC(=O)O. The van der Waals surface area contributed by atoms with Crippen LogP contribution < -0.4 is 0 Å². The van der Waals surface area contributed by atoms with Crippen LogP contribution in [0.25, 0.3) is 0 Å². The summed E-state index contributed by atoms with van der Waals surface area (Å²) >= 11 is 0. The molecule has 0 amide bonds. The van der Waals surface area contributed by atoms with Gasteiger partial charge in [-0.05, 0) is 34.1 Å². The fraction of sp³-hybridized carbons (Fsp3) is 0.800. The van der Waals surface area contributed by atoms with E-state index in [1.807, 2.05) is 26.8 Å². The maximum absolute atomic E-state index is 10.4. The number of rotatable bonds is 4. The van der Waals surface area contributed by atoms with Gasteiger partial charge in [-0.3, -0.25) is 4.79 Å². The molecule has 0 fully saturated rings. The zero-order valence-electron chi connectivity index (χ0n) is 9.61. The van der Waals surface area contributed by atoms with Gasteiger partial charge in [0.2, 0.25) is 0 Å². The topological polar surface area (TPSA) is 85.8 Å². The monoisotopic (exact) mass is 211 g/mol. The van der Waals surface area contributed by atoms with Crippen LogP contribution in [0.4, 0.5) is 0 Å². The van der Waals surface area contributed by atoms with Crippen molar-refractivity contribution in [2.75, 3.05) is 0 Å². The molecule has 0 radical (unpaired) electrons. The summed E-state index contributed by atoms with van der Waals surface area (Å²) in [4.78, 5) is 10.4. The Balaban J connectivity index is 4.53. The van der Waals surface area contributed by atoms with Gasteiger partial charge in [-0.1, -0.05) is 0 Å². The van der Waals surface area contributed by atoms with Crippen LogP contribution in [0.2, 0.25) is 0 Å². The van der Waals surface area contributed by atoms with Crippen LogP contribution in [0.15, 0.2) is 10.2 Å². The molecule has 1 N–H and O–H groups in total. The van der Waals surface area contributed by atoms with Crippen molar-refractivity contribution in [1.29, 1.82) is 5.26 Å². The van der Waals surface area contributed by atoms with Crippen molar-refractivity contribution in [3.05, 3.63) is 0 Å². The molecule has 0 aliphatic carbocycles. The van der Waals surface area contributed by atoms with Crippen molar-refractivity contribution < 1.29 is 9.90 Å². The van der Waals surface area contributed by atoms with Crippen molar-refractivity contribution in [1.82, 2.24) is 0 Å². The lowest BCUT2D eigenvalue weighted by molar-refractivity contribution is -0.137. The van der Waals surface area contributed by atoms with E-state index in [-0.39, 0.29) is 18.4 Å². The van der Waals surface area contributed by atoms with E-state index in [4.69, 9.17) is 10.4 Å². The zero-order chi connectivity index (χ0) is 12.1. The Morgan fingerprint density at radius 2 is 1.87 bits per heavy atom. The van der Waals surface area contributed by atoms with E-state index in [2.05, 4.69) is 10.2 Å². The highest BCUT2D eigenvalue weighted by Gasteiger charge is 2.25. The van der Waals surface area contributed by atoms with Gasteiger partial charge in [0, 0.05) is 6.42 Å². The van der Waals surface area contributed by atoms with Crippen molar-refractivity contribution in [3.63, 3.8) is 0 Å². The van der Waals surface area contributed by atoms with Crippen molar-refractivity contribution in [3.8, 4) is 6.07 Å². The van der Waals surface area contributed by atoms with E-state index in [1.165, 1.54) is 0 Å². The highest BCUT2D eigenvalue weighted by Crippen LogP contribution is 2.20. The molecule has 0 spiro atoms. The highest BCUT2D eigenvalue weighted by atomic mass is 16.4. The predicted octanol–water partition coefficient (Wildman–Crippen LogP) is 2.38. The average molecular weight is 211 g/mol. The number of nitriles is 1. The summed E-state index contributed by atoms with van der Waals surface area (Å²) in [5.41, 5.74) is -1.38. The molecule has 84 valence electrons. The predicted molar refractivity (Wildman–Crippen MR) is 55.5 cm³/mol. The average Bonchev–Trinajstić information content (AvgIpc) is 2.10. The fourth-order valence-corrected chi connectivity index (χ4v) is 0.739. The van der Waals surface area contributed by atoms with E-state index in [0.29, 0.717) is 0 Å². The number of hydrogen-bond donors (Lipinski definition) is 1. The summed E-state index contributed by atoms with van der Waals surface area (Å²) in [6.45, 7) is 7.19. The van der Waals surface area contributed by atoms with Gasteiger partial charge in [0.15, 0.2) is 5.54 Å². The van der Waals surface area contributed by atoms with Crippen LogP contribution in [-0.4, -0.2) is 22.2 Å². The summed E-state index contributed by atoms with van der Waals surface area (Å²) in [5, 5.41) is 25.3. The first-order valence-corrected chi connectivity index (χ1v) is 4.76. The molecule has 0 rings (SSSR count). The molecule has 1 unspecified atom stereocenters. The molecule has 0 aliphatic heterocycles. The number of azo groups is 1. The second-order valence-corrected chi connectivity index (χ2v) is 4.65. The third-order valence-corrected chi connectivity index (χ3v) is 1.64. The lowest BCUT2D eigenvalue weighted by atomic mass is 9.99. The normalized spacial score (nSPS) is 15.9. The first-order valence-electron chi connectivity index (χ1n) is 4.76. The van der Waals surface area contributed by atoms with Crippen LogP contribution in [0.1, 0.15) is 40.5 Å². The minimum Gasteiger partial charge on any atom is -0.481 e. The molecule has 0 aromatic carbocycles. The van der Waals surface area contributed by atoms with Gasteiger partial charge in [-0.2, -0.15) is 15.5 Å². The van der Waals surface area contributed by atoms with E-state index in [9.17, 15) is 4.79 Å². The molecule has 0 saturated carbocycles. The summed E-state index contributed by atoms with van der Waals surface area (Å²) in [6, 6.07) is 1.98. The molecule has 5 nitrogen and oxygen atoms in total. The van der Waals surface area contributed by atoms with Gasteiger partial charge in [-0.15, -0.1) is 0 Å². The van der Waals surface area contributed by atoms with Crippen molar-refractivity contribution >= 4 is 5.97 Å². The molecule has 0 aromatic rings. The second-order valence-electron chi connectivity index (χ2n) is 4.65. The van der Waals surface area contributed by atoms with Gasteiger partial charge in [-0.25, -0.2) is 0 Å². The molecule has 15 heavy (non-hydrogen) atoms. The first kappa shape index (κ1) is 13.6. The Bertz CT molecular complexity index is 299. The van der Waals surface area contributed by atoms with E-state index in [0.717, 1.165) is 0 Å². The van der Waals surface area contributed by atoms with E-state index in [1.54, 1.807) is 6.92 Å². The summed E-state index contributed by atoms with van der Waals surface area (Å²) in [5.74, 6) is -0.928. The number of hydrogen-bond acceptors (Lipinski definition) is 4. The standard InChI is InChI=1S/C10H17N3O2/c1-9(2,3)12-13-10(4,7-11)6-5-8(14)15/h5-6H2,1-4H3,(H,14,15). The quantitative estimate of drug-likeness (QED) is 0.724. The molecule has 0 saturated heterocycles. The zero-order valence-corrected chi connectivity index (χ0v) is 9.61. The van der Waals surface area contributed by atoms with Gasteiger partial charge < -0.3 is 5.11 Å². The molecular formula is C10H17N3O2. The Kier molecular flexibility index (Phi) is 4.40. The third-order valence-electron chi connectivity index (χ3n) is 1.64. The minimum absolute atomic E-state index is 0.0762. The number of aliphatic carboxylic acids is 1. The Labute approximate surface area is 89.8 Å². The number of carboxylic acids is 1. The van der Waals surface area contributed by atoms with Gasteiger partial charge in [0.1, 0.15) is 0 Å². The largest absolute Gasteiger partial charge is 0.481 e. The lowest BCUT2D eigenvalue weighted by Crippen LogP contribution is -2.22. The molecule has 0 heterocycles. The van der Waals surface area contributed by atoms with Crippen LogP contribution in [0, 0.1) is 11.3 Å². The molecule has 5 heteroatoms. The van der Waals surface area contributed by atoms with Gasteiger partial charge >= 0.3 is 5.97 Å². The van der Waals surface area contributed by atoms with Crippen LogP contribution in [0.3, 0.4) is 0 Å². The Hall–Kier alpha value is -1.44. The summed E-state index contributed by atoms with van der Waals surface area (Å²) in [6.07, 6.45) is 0.103. The van der Waals surface area contributed by atoms with Gasteiger partial charge in [0.05, 0.1) is 11.6 Å². The fourth-order valence-electron chi connectivity index (χ4n) is 0.739. The number of carboxylic acid groups (broad SMARTS) is 1.